The Bertz CT molecular complexity index is 385. The summed E-state index contributed by atoms with van der Waals surface area (Å²) in [4.78, 5) is 4.31. The van der Waals surface area contributed by atoms with Crippen LogP contribution in [-0.4, -0.2) is 11.5 Å². The number of guanidine groups is 1. The van der Waals surface area contributed by atoms with E-state index in [0.717, 1.165) is 11.3 Å². The molecule has 0 aromatic heterocycles. The SMILES string of the molecule is Cc1cccc(Cl)c1NC(N)=NC(C)(C)C. The third-order valence-electron chi connectivity index (χ3n) is 1.93. The van der Waals surface area contributed by atoms with Crippen LogP contribution in [0.15, 0.2) is 23.2 Å². The second kappa shape index (κ2) is 4.74. The molecule has 0 unspecified atom stereocenters. The smallest absolute Gasteiger partial charge is 0.193 e. The first-order valence-corrected chi connectivity index (χ1v) is 5.55. The molecule has 4 heteroatoms. The predicted molar refractivity (Wildman–Crippen MR) is 71.2 cm³/mol. The highest BCUT2D eigenvalue weighted by Gasteiger charge is 2.10. The minimum Gasteiger partial charge on any atom is -0.370 e. The topological polar surface area (TPSA) is 50.4 Å². The maximum atomic E-state index is 6.07. The maximum absolute atomic E-state index is 6.07. The summed E-state index contributed by atoms with van der Waals surface area (Å²) >= 11 is 6.07. The van der Waals surface area contributed by atoms with Crippen LogP contribution in [0, 0.1) is 6.92 Å². The molecule has 0 saturated heterocycles. The van der Waals surface area contributed by atoms with E-state index in [-0.39, 0.29) is 5.54 Å². The van der Waals surface area contributed by atoms with Gasteiger partial charge in [-0.1, -0.05) is 23.7 Å². The van der Waals surface area contributed by atoms with E-state index in [1.165, 1.54) is 0 Å². The first kappa shape index (κ1) is 12.8. The number of aryl methyl sites for hydroxylation is 1. The number of nitrogens with two attached hydrogens (primary N) is 1. The van der Waals surface area contributed by atoms with Crippen molar-refractivity contribution in [3.8, 4) is 0 Å². The highest BCUT2D eigenvalue weighted by atomic mass is 35.5. The molecular formula is C12H18ClN3. The summed E-state index contributed by atoms with van der Waals surface area (Å²) in [5, 5.41) is 3.68. The Hall–Kier alpha value is -1.22. The molecule has 0 aliphatic heterocycles. The van der Waals surface area contributed by atoms with E-state index in [1.807, 2.05) is 45.9 Å². The largest absolute Gasteiger partial charge is 0.370 e. The van der Waals surface area contributed by atoms with Gasteiger partial charge < -0.3 is 11.1 Å². The van der Waals surface area contributed by atoms with E-state index in [1.54, 1.807) is 0 Å². The molecule has 1 aromatic carbocycles. The van der Waals surface area contributed by atoms with E-state index in [2.05, 4.69) is 10.3 Å². The van der Waals surface area contributed by atoms with E-state index < -0.39 is 0 Å². The molecule has 16 heavy (non-hydrogen) atoms. The number of anilines is 1. The van der Waals surface area contributed by atoms with Crippen LogP contribution < -0.4 is 11.1 Å². The highest BCUT2D eigenvalue weighted by molar-refractivity contribution is 6.33. The summed E-state index contributed by atoms with van der Waals surface area (Å²) in [5.74, 6) is 0.378. The lowest BCUT2D eigenvalue weighted by atomic mass is 10.1. The lowest BCUT2D eigenvalue weighted by molar-refractivity contribution is 0.583. The first-order valence-electron chi connectivity index (χ1n) is 5.17. The predicted octanol–water partition coefficient (Wildman–Crippen LogP) is 3.17. The van der Waals surface area contributed by atoms with Crippen molar-refractivity contribution in [2.24, 2.45) is 10.7 Å². The van der Waals surface area contributed by atoms with E-state index in [0.29, 0.717) is 11.0 Å². The van der Waals surface area contributed by atoms with Crippen LogP contribution in [0.2, 0.25) is 5.02 Å². The van der Waals surface area contributed by atoms with E-state index in [4.69, 9.17) is 17.3 Å². The Morgan fingerprint density at radius 3 is 2.50 bits per heavy atom. The van der Waals surface area contributed by atoms with Crippen LogP contribution in [0.4, 0.5) is 5.69 Å². The zero-order valence-electron chi connectivity index (χ0n) is 10.1. The van der Waals surface area contributed by atoms with Gasteiger partial charge in [0, 0.05) is 0 Å². The van der Waals surface area contributed by atoms with Crippen molar-refractivity contribution < 1.29 is 0 Å². The molecular weight excluding hydrogens is 222 g/mol. The molecule has 1 rings (SSSR count). The minimum absolute atomic E-state index is 0.202. The summed E-state index contributed by atoms with van der Waals surface area (Å²) < 4.78 is 0. The fourth-order valence-corrected chi connectivity index (χ4v) is 1.58. The third-order valence-corrected chi connectivity index (χ3v) is 2.25. The van der Waals surface area contributed by atoms with Crippen molar-refractivity contribution in [2.75, 3.05) is 5.32 Å². The molecule has 3 nitrogen and oxygen atoms in total. The quantitative estimate of drug-likeness (QED) is 0.584. The number of benzene rings is 1. The van der Waals surface area contributed by atoms with Crippen LogP contribution >= 0.6 is 11.6 Å². The van der Waals surface area contributed by atoms with Gasteiger partial charge in [-0.15, -0.1) is 0 Å². The second-order valence-electron chi connectivity index (χ2n) is 4.72. The Morgan fingerprint density at radius 2 is 2.00 bits per heavy atom. The molecule has 3 N–H and O–H groups in total. The van der Waals surface area contributed by atoms with Crippen molar-refractivity contribution >= 4 is 23.2 Å². The third kappa shape index (κ3) is 3.74. The Morgan fingerprint density at radius 1 is 1.38 bits per heavy atom. The van der Waals surface area contributed by atoms with Gasteiger partial charge >= 0.3 is 0 Å². The standard InChI is InChI=1S/C12H18ClN3/c1-8-6-5-7-9(13)10(8)15-11(14)16-12(2,3)4/h5-7H,1-4H3,(H3,14,15,16). The van der Waals surface area contributed by atoms with Gasteiger partial charge in [-0.25, -0.2) is 4.99 Å². The lowest BCUT2D eigenvalue weighted by Crippen LogP contribution is -2.27. The molecule has 0 fully saturated rings. The van der Waals surface area contributed by atoms with Gasteiger partial charge in [-0.2, -0.15) is 0 Å². The van der Waals surface area contributed by atoms with Gasteiger partial charge in [0.2, 0.25) is 0 Å². The van der Waals surface area contributed by atoms with Gasteiger partial charge in [0.1, 0.15) is 0 Å². The summed E-state index contributed by atoms with van der Waals surface area (Å²) in [6.07, 6.45) is 0. The number of para-hydroxylation sites is 1. The monoisotopic (exact) mass is 239 g/mol. The second-order valence-corrected chi connectivity index (χ2v) is 5.13. The van der Waals surface area contributed by atoms with Crippen LogP contribution in [-0.2, 0) is 0 Å². The van der Waals surface area contributed by atoms with Crippen LogP contribution in [0.25, 0.3) is 0 Å². The fourth-order valence-electron chi connectivity index (χ4n) is 1.31. The molecule has 0 amide bonds. The number of halogens is 1. The van der Waals surface area contributed by atoms with Crippen LogP contribution in [0.1, 0.15) is 26.3 Å². The molecule has 0 spiro atoms. The summed E-state index contributed by atoms with van der Waals surface area (Å²) in [6, 6.07) is 5.69. The molecule has 0 atom stereocenters. The number of rotatable bonds is 1. The van der Waals surface area contributed by atoms with Crippen LogP contribution in [0.5, 0.6) is 0 Å². The van der Waals surface area contributed by atoms with Crippen LogP contribution in [0.3, 0.4) is 0 Å². The van der Waals surface area contributed by atoms with Crippen molar-refractivity contribution in [1.29, 1.82) is 0 Å². The number of hydrogen-bond donors (Lipinski definition) is 2. The van der Waals surface area contributed by atoms with E-state index >= 15 is 0 Å². The Labute approximate surface area is 102 Å². The van der Waals surface area contributed by atoms with Gasteiger partial charge in [-0.3, -0.25) is 0 Å². The molecule has 88 valence electrons. The average Bonchev–Trinajstić information content (AvgIpc) is 2.08. The fraction of sp³-hybridized carbons (Fsp3) is 0.417. The van der Waals surface area contributed by atoms with Gasteiger partial charge in [0.05, 0.1) is 16.2 Å². The maximum Gasteiger partial charge on any atom is 0.193 e. The van der Waals surface area contributed by atoms with Crippen molar-refractivity contribution in [1.82, 2.24) is 0 Å². The number of nitrogens with zero attached hydrogens (tertiary/aromatic N) is 1. The summed E-state index contributed by atoms with van der Waals surface area (Å²) in [7, 11) is 0. The molecule has 0 radical (unpaired) electrons. The van der Waals surface area contributed by atoms with Crippen molar-refractivity contribution in [3.63, 3.8) is 0 Å². The number of hydrogen-bond acceptors (Lipinski definition) is 1. The Kier molecular flexibility index (Phi) is 3.81. The molecule has 0 aliphatic rings. The molecule has 0 bridgehead atoms. The normalized spacial score (nSPS) is 12.7. The Balaban J connectivity index is 2.93. The van der Waals surface area contributed by atoms with E-state index in [9.17, 15) is 0 Å². The minimum atomic E-state index is -0.202. The highest BCUT2D eigenvalue weighted by Crippen LogP contribution is 2.25. The average molecular weight is 240 g/mol. The van der Waals surface area contributed by atoms with Gasteiger partial charge in [0.25, 0.3) is 0 Å². The van der Waals surface area contributed by atoms with Crippen molar-refractivity contribution in [3.05, 3.63) is 28.8 Å². The summed E-state index contributed by atoms with van der Waals surface area (Å²) in [6.45, 7) is 7.93. The molecule has 0 heterocycles. The first-order chi connectivity index (χ1) is 7.29. The van der Waals surface area contributed by atoms with Gasteiger partial charge in [0.15, 0.2) is 5.96 Å². The molecule has 1 aromatic rings. The molecule has 0 saturated carbocycles. The zero-order valence-corrected chi connectivity index (χ0v) is 10.9. The van der Waals surface area contributed by atoms with Gasteiger partial charge in [-0.05, 0) is 39.3 Å². The zero-order chi connectivity index (χ0) is 12.3. The molecule has 0 aliphatic carbocycles. The van der Waals surface area contributed by atoms with Crippen molar-refractivity contribution in [2.45, 2.75) is 33.2 Å². The number of nitrogens with one attached hydrogen (secondary N) is 1. The lowest BCUT2D eigenvalue weighted by Gasteiger charge is -2.16. The number of aliphatic imine (C=N–C) groups is 1. The summed E-state index contributed by atoms with van der Waals surface area (Å²) in [5.41, 5.74) is 7.46.